The number of sulfonamides is 1. The highest BCUT2D eigenvalue weighted by Crippen LogP contribution is 2.28. The van der Waals surface area contributed by atoms with Gasteiger partial charge < -0.3 is 15.2 Å². The first-order valence-electron chi connectivity index (χ1n) is 7.70. The van der Waals surface area contributed by atoms with Gasteiger partial charge in [0.25, 0.3) is 15.9 Å². The lowest BCUT2D eigenvalue weighted by atomic mass is 10.2. The van der Waals surface area contributed by atoms with Gasteiger partial charge in [-0.3, -0.25) is 4.79 Å². The Hall–Kier alpha value is -3.07. The number of hydrazone groups is 1. The van der Waals surface area contributed by atoms with Crippen LogP contribution in [-0.2, 0) is 14.8 Å². The van der Waals surface area contributed by atoms with E-state index in [2.05, 4.69) is 9.93 Å². The zero-order valence-corrected chi connectivity index (χ0v) is 14.9. The summed E-state index contributed by atoms with van der Waals surface area (Å²) in [5, 5.41) is 3.76. The van der Waals surface area contributed by atoms with Crippen LogP contribution in [0.2, 0.25) is 0 Å². The van der Waals surface area contributed by atoms with Gasteiger partial charge in [-0.2, -0.15) is 13.5 Å². The first-order valence-corrected chi connectivity index (χ1v) is 9.18. The lowest BCUT2D eigenvalue weighted by molar-refractivity contribution is -0.119. The second-order valence-corrected chi connectivity index (χ2v) is 6.72. The molecule has 138 valence electrons. The van der Waals surface area contributed by atoms with Crippen LogP contribution in [-0.4, -0.2) is 33.8 Å². The standard InChI is InChI=1S/C17H19N3O5S/c1-2-24-16-10-13(8-9-15(16)25-12-17(18)21)11-19-20-26(22,23)14-6-4-3-5-7-14/h3-11,20H,2,12H2,1H3,(H2,18,21)/b19-11-. The summed E-state index contributed by atoms with van der Waals surface area (Å²) >= 11 is 0. The third-order valence-corrected chi connectivity index (χ3v) is 4.32. The summed E-state index contributed by atoms with van der Waals surface area (Å²) in [6.07, 6.45) is 1.33. The van der Waals surface area contributed by atoms with E-state index >= 15 is 0 Å². The number of nitrogens with one attached hydrogen (secondary N) is 1. The minimum atomic E-state index is -3.73. The lowest BCUT2D eigenvalue weighted by Gasteiger charge is -2.11. The molecule has 0 aliphatic carbocycles. The van der Waals surface area contributed by atoms with Gasteiger partial charge in [-0.25, -0.2) is 4.83 Å². The van der Waals surface area contributed by atoms with E-state index in [0.717, 1.165) is 0 Å². The quantitative estimate of drug-likeness (QED) is 0.503. The van der Waals surface area contributed by atoms with Gasteiger partial charge in [-0.1, -0.05) is 18.2 Å². The Bertz CT molecular complexity index is 883. The van der Waals surface area contributed by atoms with Crippen molar-refractivity contribution in [2.45, 2.75) is 11.8 Å². The predicted molar refractivity (Wildman–Crippen MR) is 96.7 cm³/mol. The summed E-state index contributed by atoms with van der Waals surface area (Å²) in [6.45, 7) is 1.91. The molecule has 0 radical (unpaired) electrons. The Labute approximate surface area is 151 Å². The highest BCUT2D eigenvalue weighted by atomic mass is 32.2. The molecule has 0 aliphatic rings. The fourth-order valence-electron chi connectivity index (χ4n) is 1.96. The third kappa shape index (κ3) is 5.49. The minimum absolute atomic E-state index is 0.113. The topological polar surface area (TPSA) is 120 Å². The van der Waals surface area contributed by atoms with Crippen LogP contribution in [0, 0.1) is 0 Å². The Morgan fingerprint density at radius 3 is 2.54 bits per heavy atom. The maximum absolute atomic E-state index is 12.1. The van der Waals surface area contributed by atoms with Crippen molar-refractivity contribution in [1.82, 2.24) is 4.83 Å². The van der Waals surface area contributed by atoms with E-state index in [1.165, 1.54) is 18.3 Å². The number of carbonyl (C=O) groups is 1. The van der Waals surface area contributed by atoms with Crippen molar-refractivity contribution in [1.29, 1.82) is 0 Å². The van der Waals surface area contributed by atoms with E-state index < -0.39 is 15.9 Å². The number of hydrogen-bond donors (Lipinski definition) is 2. The van der Waals surface area contributed by atoms with Crippen LogP contribution in [0.15, 0.2) is 58.5 Å². The Morgan fingerprint density at radius 2 is 1.88 bits per heavy atom. The lowest BCUT2D eigenvalue weighted by Crippen LogP contribution is -2.20. The van der Waals surface area contributed by atoms with Crippen molar-refractivity contribution in [3.8, 4) is 11.5 Å². The molecule has 0 aromatic heterocycles. The molecule has 2 aromatic rings. The number of amides is 1. The van der Waals surface area contributed by atoms with Gasteiger partial charge in [0, 0.05) is 0 Å². The molecule has 26 heavy (non-hydrogen) atoms. The summed E-state index contributed by atoms with van der Waals surface area (Å²) in [7, 11) is -3.73. The SMILES string of the molecule is CCOc1cc(/C=N\NS(=O)(=O)c2ccccc2)ccc1OCC(N)=O. The molecule has 0 saturated heterocycles. The molecule has 0 unspecified atom stereocenters. The zero-order chi connectivity index (χ0) is 19.0. The van der Waals surface area contributed by atoms with Gasteiger partial charge in [-0.15, -0.1) is 0 Å². The molecule has 8 nitrogen and oxygen atoms in total. The van der Waals surface area contributed by atoms with Gasteiger partial charge in [0.2, 0.25) is 0 Å². The number of carbonyl (C=O) groups excluding carboxylic acids is 1. The van der Waals surface area contributed by atoms with E-state index in [4.69, 9.17) is 15.2 Å². The summed E-state index contributed by atoms with van der Waals surface area (Å²) < 4.78 is 34.9. The van der Waals surface area contributed by atoms with E-state index in [9.17, 15) is 13.2 Å². The molecular weight excluding hydrogens is 358 g/mol. The van der Waals surface area contributed by atoms with Crippen molar-refractivity contribution in [3.05, 3.63) is 54.1 Å². The van der Waals surface area contributed by atoms with Crippen LogP contribution in [0.5, 0.6) is 11.5 Å². The zero-order valence-electron chi connectivity index (χ0n) is 14.1. The summed E-state index contributed by atoms with van der Waals surface area (Å²) in [4.78, 5) is 13.1. The molecule has 2 rings (SSSR count). The fraction of sp³-hybridized carbons (Fsp3) is 0.176. The van der Waals surface area contributed by atoms with E-state index in [0.29, 0.717) is 23.7 Å². The average Bonchev–Trinajstić information content (AvgIpc) is 2.62. The van der Waals surface area contributed by atoms with Crippen molar-refractivity contribution in [2.75, 3.05) is 13.2 Å². The molecule has 3 N–H and O–H groups in total. The monoisotopic (exact) mass is 377 g/mol. The summed E-state index contributed by atoms with van der Waals surface area (Å²) in [5.74, 6) is 0.143. The van der Waals surface area contributed by atoms with Gasteiger partial charge in [0.05, 0.1) is 17.7 Å². The largest absolute Gasteiger partial charge is 0.490 e. The molecule has 1 amide bonds. The van der Waals surface area contributed by atoms with Crippen molar-refractivity contribution in [2.24, 2.45) is 10.8 Å². The van der Waals surface area contributed by atoms with Crippen LogP contribution >= 0.6 is 0 Å². The summed E-state index contributed by atoms with van der Waals surface area (Å²) in [5.41, 5.74) is 5.64. The number of primary amides is 1. The highest BCUT2D eigenvalue weighted by molar-refractivity contribution is 7.89. The number of ether oxygens (including phenoxy) is 2. The van der Waals surface area contributed by atoms with Gasteiger partial charge in [0.1, 0.15) is 0 Å². The third-order valence-electron chi connectivity index (χ3n) is 3.08. The Balaban J connectivity index is 2.12. The van der Waals surface area contributed by atoms with Crippen molar-refractivity contribution < 1.29 is 22.7 Å². The fourth-order valence-corrected chi connectivity index (χ4v) is 2.78. The minimum Gasteiger partial charge on any atom is -0.490 e. The van der Waals surface area contributed by atoms with E-state index in [1.807, 2.05) is 0 Å². The molecule has 9 heteroatoms. The maximum Gasteiger partial charge on any atom is 0.276 e. The molecule has 0 saturated carbocycles. The smallest absolute Gasteiger partial charge is 0.276 e. The predicted octanol–water partition coefficient (Wildman–Crippen LogP) is 1.26. The van der Waals surface area contributed by atoms with Crippen LogP contribution < -0.4 is 20.0 Å². The van der Waals surface area contributed by atoms with Gasteiger partial charge in [-0.05, 0) is 42.8 Å². The Morgan fingerprint density at radius 1 is 1.15 bits per heavy atom. The second kappa shape index (κ2) is 8.86. The number of nitrogens with zero attached hydrogens (tertiary/aromatic N) is 1. The first-order chi connectivity index (χ1) is 12.4. The molecule has 0 atom stereocenters. The first kappa shape index (κ1) is 19.3. The maximum atomic E-state index is 12.1. The van der Waals surface area contributed by atoms with Crippen LogP contribution in [0.25, 0.3) is 0 Å². The van der Waals surface area contributed by atoms with Crippen LogP contribution in [0.3, 0.4) is 0 Å². The van der Waals surface area contributed by atoms with Gasteiger partial charge >= 0.3 is 0 Å². The van der Waals surface area contributed by atoms with Gasteiger partial charge in [0.15, 0.2) is 18.1 Å². The molecule has 0 bridgehead atoms. The summed E-state index contributed by atoms with van der Waals surface area (Å²) in [6, 6.07) is 12.7. The molecule has 0 fully saturated rings. The molecular formula is C17H19N3O5S. The normalized spacial score (nSPS) is 11.3. The number of nitrogens with two attached hydrogens (primary N) is 1. The molecule has 2 aromatic carbocycles. The van der Waals surface area contributed by atoms with Crippen molar-refractivity contribution >= 4 is 22.1 Å². The van der Waals surface area contributed by atoms with Crippen LogP contribution in [0.4, 0.5) is 0 Å². The average molecular weight is 377 g/mol. The van der Waals surface area contributed by atoms with Crippen LogP contribution in [0.1, 0.15) is 12.5 Å². The number of rotatable bonds is 9. The van der Waals surface area contributed by atoms with E-state index in [1.54, 1.807) is 43.3 Å². The number of benzene rings is 2. The van der Waals surface area contributed by atoms with Crippen molar-refractivity contribution in [3.63, 3.8) is 0 Å². The molecule has 0 aliphatic heterocycles. The highest BCUT2D eigenvalue weighted by Gasteiger charge is 2.11. The second-order valence-electron chi connectivity index (χ2n) is 5.06. The number of hydrogen-bond acceptors (Lipinski definition) is 6. The molecule has 0 heterocycles. The Kier molecular flexibility index (Phi) is 6.56. The van der Waals surface area contributed by atoms with E-state index in [-0.39, 0.29) is 11.5 Å². The molecule has 0 spiro atoms.